The Bertz CT molecular complexity index is 1860. The van der Waals surface area contributed by atoms with E-state index in [1.54, 1.807) is 0 Å². The Morgan fingerprint density at radius 1 is 0.300 bits per heavy atom. The molecule has 50 heavy (non-hydrogen) atoms. The first-order valence-corrected chi connectivity index (χ1v) is 18.2. The number of aromatic nitrogens is 2. The summed E-state index contributed by atoms with van der Waals surface area (Å²) in [6.07, 6.45) is 4.55. The average molecular weight is 651 g/mol. The molecular formula is C48H46N2+2. The van der Waals surface area contributed by atoms with Crippen LogP contribution in [0.2, 0.25) is 0 Å². The quantitative estimate of drug-likeness (QED) is 0.116. The van der Waals surface area contributed by atoms with Crippen LogP contribution in [0.25, 0.3) is 67.3 Å². The highest BCUT2D eigenvalue weighted by atomic mass is 15.0. The van der Waals surface area contributed by atoms with Gasteiger partial charge >= 0.3 is 0 Å². The summed E-state index contributed by atoms with van der Waals surface area (Å²) in [5.74, 6) is 0. The molecule has 7 rings (SSSR count). The number of unbranched alkanes of at least 4 members (excludes halogenated alkanes) is 2. The molecule has 2 heterocycles. The molecule has 0 saturated carbocycles. The molecule has 0 spiro atoms. The summed E-state index contributed by atoms with van der Waals surface area (Å²) in [4.78, 5) is 0. The van der Waals surface area contributed by atoms with Gasteiger partial charge in [0.2, 0.25) is 22.8 Å². The lowest BCUT2D eigenvalue weighted by molar-refractivity contribution is -0.676. The molecule has 7 aromatic rings. The van der Waals surface area contributed by atoms with Crippen molar-refractivity contribution in [3.63, 3.8) is 0 Å². The minimum atomic E-state index is 0.976. The summed E-state index contributed by atoms with van der Waals surface area (Å²) in [5.41, 5.74) is 14.8. The first kappa shape index (κ1) is 32.9. The van der Waals surface area contributed by atoms with Gasteiger partial charge in [-0.3, -0.25) is 0 Å². The Balaban J connectivity index is 1.36. The summed E-state index contributed by atoms with van der Waals surface area (Å²) in [6, 6.07) is 62.1. The van der Waals surface area contributed by atoms with Crippen molar-refractivity contribution >= 4 is 0 Å². The Labute approximate surface area is 298 Å². The maximum absolute atomic E-state index is 2.51. The highest BCUT2D eigenvalue weighted by molar-refractivity contribution is 5.78. The standard InChI is InChI=1S/C48H46N2/c1-3-5-31-49-45(39-19-11-7-12-20-39)33-43(34-46(49)40-21-13-8-14-22-40)37-27-29-38(30-28-37)44-35-47(41-23-15-9-16-24-41)50(32-6-4-2)48(36-44)42-25-17-10-18-26-42/h7-30,33-36H,3-6,31-32H2,1-2H3/q+2. The van der Waals surface area contributed by atoms with Crippen LogP contribution in [0.5, 0.6) is 0 Å². The van der Waals surface area contributed by atoms with E-state index in [0.29, 0.717) is 0 Å². The molecule has 0 fully saturated rings. The molecule has 0 unspecified atom stereocenters. The van der Waals surface area contributed by atoms with Gasteiger partial charge in [-0.25, -0.2) is 0 Å². The highest BCUT2D eigenvalue weighted by Gasteiger charge is 2.24. The fourth-order valence-corrected chi connectivity index (χ4v) is 6.94. The lowest BCUT2D eigenvalue weighted by Crippen LogP contribution is -2.39. The molecule has 2 nitrogen and oxygen atoms in total. The minimum absolute atomic E-state index is 0.976. The topological polar surface area (TPSA) is 7.76 Å². The fourth-order valence-electron chi connectivity index (χ4n) is 6.94. The molecule has 0 radical (unpaired) electrons. The molecule has 0 N–H and O–H groups in total. The maximum Gasteiger partial charge on any atom is 0.213 e. The summed E-state index contributed by atoms with van der Waals surface area (Å²) >= 11 is 0. The third-order valence-electron chi connectivity index (χ3n) is 9.63. The lowest BCUT2D eigenvalue weighted by Gasteiger charge is -2.14. The van der Waals surface area contributed by atoms with Gasteiger partial charge in [0.25, 0.3) is 0 Å². The Morgan fingerprint density at radius 2 is 0.560 bits per heavy atom. The number of hydrogen-bond acceptors (Lipinski definition) is 0. The molecule has 0 saturated heterocycles. The van der Waals surface area contributed by atoms with Crippen LogP contribution in [0, 0.1) is 0 Å². The molecule has 246 valence electrons. The minimum Gasteiger partial charge on any atom is -0.191 e. The van der Waals surface area contributed by atoms with Crippen molar-refractivity contribution in [2.45, 2.75) is 52.6 Å². The number of pyridine rings is 2. The van der Waals surface area contributed by atoms with E-state index in [1.165, 1.54) is 67.3 Å². The second-order valence-corrected chi connectivity index (χ2v) is 13.1. The maximum atomic E-state index is 2.51. The highest BCUT2D eigenvalue weighted by Crippen LogP contribution is 2.33. The zero-order chi connectivity index (χ0) is 34.1. The van der Waals surface area contributed by atoms with Crippen molar-refractivity contribution in [3.05, 3.63) is 170 Å². The first-order chi connectivity index (χ1) is 24.7. The van der Waals surface area contributed by atoms with Gasteiger partial charge in [0, 0.05) is 59.4 Å². The summed E-state index contributed by atoms with van der Waals surface area (Å²) < 4.78 is 5.03. The predicted octanol–water partition coefficient (Wildman–Crippen LogP) is 11.9. The fraction of sp³-hybridized carbons (Fsp3) is 0.167. The number of benzene rings is 5. The van der Waals surface area contributed by atoms with E-state index in [9.17, 15) is 0 Å². The normalized spacial score (nSPS) is 11.1. The van der Waals surface area contributed by atoms with Crippen LogP contribution in [-0.4, -0.2) is 0 Å². The van der Waals surface area contributed by atoms with E-state index in [4.69, 9.17) is 0 Å². The Kier molecular flexibility index (Phi) is 10.4. The lowest BCUT2D eigenvalue weighted by atomic mass is 9.95. The van der Waals surface area contributed by atoms with Crippen molar-refractivity contribution in [3.8, 4) is 67.3 Å². The van der Waals surface area contributed by atoms with Crippen LogP contribution < -0.4 is 9.13 Å². The average Bonchev–Trinajstić information content (AvgIpc) is 3.20. The van der Waals surface area contributed by atoms with Gasteiger partial charge in [-0.15, -0.1) is 0 Å². The number of nitrogens with zero attached hydrogens (tertiary/aromatic N) is 2. The largest absolute Gasteiger partial charge is 0.213 e. The van der Waals surface area contributed by atoms with E-state index >= 15 is 0 Å². The van der Waals surface area contributed by atoms with Crippen LogP contribution in [0.3, 0.4) is 0 Å². The van der Waals surface area contributed by atoms with Crippen LogP contribution in [0.15, 0.2) is 170 Å². The summed E-state index contributed by atoms with van der Waals surface area (Å²) in [5, 5.41) is 0. The van der Waals surface area contributed by atoms with Gasteiger partial charge < -0.3 is 0 Å². The number of hydrogen-bond donors (Lipinski definition) is 0. The zero-order valence-electron chi connectivity index (χ0n) is 29.3. The predicted molar refractivity (Wildman–Crippen MR) is 209 cm³/mol. The van der Waals surface area contributed by atoms with Gasteiger partial charge in [0.1, 0.15) is 13.1 Å². The molecule has 2 heteroatoms. The molecule has 0 atom stereocenters. The Hall–Kier alpha value is -5.60. The van der Waals surface area contributed by atoms with Gasteiger partial charge in [-0.1, -0.05) is 124 Å². The van der Waals surface area contributed by atoms with Crippen molar-refractivity contribution < 1.29 is 9.13 Å². The van der Waals surface area contributed by atoms with Crippen molar-refractivity contribution in [2.75, 3.05) is 0 Å². The molecular weight excluding hydrogens is 605 g/mol. The third-order valence-corrected chi connectivity index (χ3v) is 9.63. The SMILES string of the molecule is CCCC[n+]1c(-c2ccccc2)cc(-c2ccc(-c3cc(-c4ccccc4)[n+](CCCC)c(-c4ccccc4)c3)cc2)cc1-c1ccccc1. The molecule has 5 aromatic carbocycles. The molecule has 0 aliphatic heterocycles. The van der Waals surface area contributed by atoms with Crippen molar-refractivity contribution in [2.24, 2.45) is 0 Å². The molecule has 0 bridgehead atoms. The van der Waals surface area contributed by atoms with Gasteiger partial charge in [0.15, 0.2) is 0 Å². The third kappa shape index (κ3) is 7.21. The van der Waals surface area contributed by atoms with E-state index < -0.39 is 0 Å². The van der Waals surface area contributed by atoms with Crippen LogP contribution in [-0.2, 0) is 13.1 Å². The van der Waals surface area contributed by atoms with Crippen LogP contribution >= 0.6 is 0 Å². The second-order valence-electron chi connectivity index (χ2n) is 13.1. The van der Waals surface area contributed by atoms with Gasteiger partial charge in [0.05, 0.1) is 0 Å². The molecule has 0 aliphatic rings. The van der Waals surface area contributed by atoms with Gasteiger partial charge in [-0.05, 0) is 70.8 Å². The second kappa shape index (κ2) is 15.7. The van der Waals surface area contributed by atoms with E-state index in [-0.39, 0.29) is 0 Å². The molecule has 2 aromatic heterocycles. The molecule has 0 aliphatic carbocycles. The van der Waals surface area contributed by atoms with Gasteiger partial charge in [-0.2, -0.15) is 9.13 Å². The van der Waals surface area contributed by atoms with E-state index in [2.05, 4.69) is 193 Å². The van der Waals surface area contributed by atoms with Crippen LogP contribution in [0.1, 0.15) is 39.5 Å². The Morgan fingerprint density at radius 3 is 0.800 bits per heavy atom. The van der Waals surface area contributed by atoms with Crippen LogP contribution in [0.4, 0.5) is 0 Å². The summed E-state index contributed by atoms with van der Waals surface area (Å²) in [6.45, 7) is 6.49. The summed E-state index contributed by atoms with van der Waals surface area (Å²) in [7, 11) is 0. The first-order valence-electron chi connectivity index (χ1n) is 18.2. The van der Waals surface area contributed by atoms with Crippen molar-refractivity contribution in [1.29, 1.82) is 0 Å². The van der Waals surface area contributed by atoms with E-state index in [0.717, 1.165) is 38.8 Å². The monoisotopic (exact) mass is 650 g/mol. The molecule has 0 amide bonds. The van der Waals surface area contributed by atoms with Crippen molar-refractivity contribution in [1.82, 2.24) is 0 Å². The number of rotatable bonds is 12. The smallest absolute Gasteiger partial charge is 0.191 e. The van der Waals surface area contributed by atoms with E-state index in [1.807, 2.05) is 0 Å². The zero-order valence-corrected chi connectivity index (χ0v) is 29.3.